The third-order valence-corrected chi connectivity index (χ3v) is 6.60. The van der Waals surface area contributed by atoms with Crippen LogP contribution in [0.5, 0.6) is 0 Å². The Morgan fingerprint density at radius 3 is 2.96 bits per heavy atom. The van der Waals surface area contributed by atoms with Gasteiger partial charge in [-0.15, -0.1) is 0 Å². The summed E-state index contributed by atoms with van der Waals surface area (Å²) in [6, 6.07) is 6.29. The molecule has 3 saturated heterocycles. The molecule has 1 N–H and O–H groups in total. The van der Waals surface area contributed by atoms with Crippen LogP contribution < -0.4 is 5.43 Å². The second-order valence-corrected chi connectivity index (χ2v) is 8.34. The van der Waals surface area contributed by atoms with E-state index >= 15 is 0 Å². The number of halogens is 1. The van der Waals surface area contributed by atoms with Crippen LogP contribution in [0.3, 0.4) is 0 Å². The molecule has 5 rings (SSSR count). The number of amides is 1. The summed E-state index contributed by atoms with van der Waals surface area (Å²) in [6.45, 7) is 3.69. The Bertz CT molecular complexity index is 956. The van der Waals surface area contributed by atoms with Crippen LogP contribution in [0.4, 0.5) is 4.39 Å². The number of aromatic amines is 1. The molecule has 2 aromatic rings. The molecule has 3 aliphatic heterocycles. The molecule has 0 unspecified atom stereocenters. The summed E-state index contributed by atoms with van der Waals surface area (Å²) in [5, 5.41) is 0.278. The highest BCUT2D eigenvalue weighted by molar-refractivity contribution is 5.95. The van der Waals surface area contributed by atoms with Gasteiger partial charge in [-0.1, -0.05) is 12.5 Å². The average molecular weight is 369 g/mol. The molecular formula is C21H24FN3O2. The highest BCUT2D eigenvalue weighted by Crippen LogP contribution is 2.37. The molecule has 0 radical (unpaired) electrons. The van der Waals surface area contributed by atoms with Gasteiger partial charge in [0.05, 0.1) is 5.52 Å². The maximum atomic E-state index is 14.1. The number of hydrogen-bond donors (Lipinski definition) is 1. The van der Waals surface area contributed by atoms with E-state index in [9.17, 15) is 14.0 Å². The number of fused-ring (bicyclic) bond motifs is 5. The van der Waals surface area contributed by atoms with Crippen LogP contribution in [0.15, 0.2) is 29.1 Å². The van der Waals surface area contributed by atoms with Gasteiger partial charge in [0.25, 0.3) is 5.91 Å². The molecule has 2 bridgehead atoms. The Kier molecular flexibility index (Phi) is 4.04. The summed E-state index contributed by atoms with van der Waals surface area (Å²) in [7, 11) is 0. The molecular weight excluding hydrogens is 345 g/mol. The highest BCUT2D eigenvalue weighted by Gasteiger charge is 2.42. The topological polar surface area (TPSA) is 56.4 Å². The van der Waals surface area contributed by atoms with Crippen molar-refractivity contribution in [3.63, 3.8) is 0 Å². The lowest BCUT2D eigenvalue weighted by Crippen LogP contribution is -2.59. The Labute approximate surface area is 157 Å². The summed E-state index contributed by atoms with van der Waals surface area (Å²) in [5.74, 6) is 0.306. The molecule has 27 heavy (non-hydrogen) atoms. The monoisotopic (exact) mass is 369 g/mol. The molecule has 1 aromatic carbocycles. The molecule has 0 spiro atoms. The molecule has 0 aliphatic carbocycles. The van der Waals surface area contributed by atoms with Crippen molar-refractivity contribution in [2.45, 2.75) is 31.7 Å². The molecule has 142 valence electrons. The number of carbonyl (C=O) groups is 1. The minimum atomic E-state index is -0.507. The summed E-state index contributed by atoms with van der Waals surface area (Å²) in [4.78, 5) is 32.9. The number of nitrogens with one attached hydrogen (secondary N) is 1. The minimum absolute atomic E-state index is 0.115. The van der Waals surface area contributed by atoms with Gasteiger partial charge in [0.1, 0.15) is 11.5 Å². The predicted molar refractivity (Wildman–Crippen MR) is 101 cm³/mol. The molecule has 3 atom stereocenters. The predicted octanol–water partition coefficient (Wildman–Crippen LogP) is 2.61. The normalized spacial score (nSPS) is 28.2. The van der Waals surface area contributed by atoms with Crippen molar-refractivity contribution in [1.82, 2.24) is 14.8 Å². The molecule has 3 aliphatic rings. The molecule has 1 aromatic heterocycles. The SMILES string of the molecule is O=C(c1cc(=O)c2cccc(F)c2[nH]1)N1C[C@@H]2C[C@H](C1)[C@@H]1CCCCN1C2. The van der Waals surface area contributed by atoms with E-state index in [1.165, 1.54) is 50.4 Å². The molecule has 5 nitrogen and oxygen atoms in total. The van der Waals surface area contributed by atoms with Crippen molar-refractivity contribution in [2.24, 2.45) is 11.8 Å². The van der Waals surface area contributed by atoms with Crippen molar-refractivity contribution in [1.29, 1.82) is 0 Å². The van der Waals surface area contributed by atoms with Gasteiger partial charge in [-0.25, -0.2) is 4.39 Å². The first-order valence-electron chi connectivity index (χ1n) is 9.95. The summed E-state index contributed by atoms with van der Waals surface area (Å²) in [5.41, 5.74) is -0.00987. The molecule has 0 saturated carbocycles. The van der Waals surface area contributed by atoms with E-state index in [1.54, 1.807) is 6.07 Å². The maximum Gasteiger partial charge on any atom is 0.270 e. The lowest BCUT2D eigenvalue weighted by Gasteiger charge is -2.52. The third-order valence-electron chi connectivity index (χ3n) is 6.60. The second kappa shape index (κ2) is 6.44. The number of rotatable bonds is 1. The van der Waals surface area contributed by atoms with Gasteiger partial charge in [-0.05, 0) is 49.8 Å². The first-order chi connectivity index (χ1) is 13.1. The second-order valence-electron chi connectivity index (χ2n) is 8.34. The number of benzene rings is 1. The zero-order valence-electron chi connectivity index (χ0n) is 15.3. The van der Waals surface area contributed by atoms with Gasteiger partial charge in [0.2, 0.25) is 0 Å². The van der Waals surface area contributed by atoms with Gasteiger partial charge in [0, 0.05) is 37.1 Å². The average Bonchev–Trinajstić information content (AvgIpc) is 2.68. The van der Waals surface area contributed by atoms with Gasteiger partial charge in [-0.2, -0.15) is 0 Å². The van der Waals surface area contributed by atoms with Crippen LogP contribution in [0, 0.1) is 17.7 Å². The van der Waals surface area contributed by atoms with E-state index in [1.807, 2.05) is 4.90 Å². The Morgan fingerprint density at radius 2 is 2.07 bits per heavy atom. The van der Waals surface area contributed by atoms with E-state index in [0.29, 0.717) is 17.9 Å². The number of nitrogens with zero attached hydrogens (tertiary/aromatic N) is 2. The Balaban J connectivity index is 1.44. The number of aromatic nitrogens is 1. The van der Waals surface area contributed by atoms with Crippen molar-refractivity contribution in [3.05, 3.63) is 46.0 Å². The third kappa shape index (κ3) is 2.87. The maximum absolute atomic E-state index is 14.1. The number of likely N-dealkylation sites (tertiary alicyclic amines) is 1. The fourth-order valence-electron chi connectivity index (χ4n) is 5.45. The van der Waals surface area contributed by atoms with Crippen LogP contribution in [-0.4, -0.2) is 52.9 Å². The number of H-pyrrole nitrogens is 1. The zero-order chi connectivity index (χ0) is 18.5. The number of hydrogen-bond acceptors (Lipinski definition) is 3. The van der Waals surface area contributed by atoms with Crippen molar-refractivity contribution >= 4 is 16.8 Å². The highest BCUT2D eigenvalue weighted by atomic mass is 19.1. The van der Waals surface area contributed by atoms with E-state index < -0.39 is 5.82 Å². The number of piperidine rings is 3. The van der Waals surface area contributed by atoms with Gasteiger partial charge >= 0.3 is 0 Å². The molecule has 1 amide bonds. The fraction of sp³-hybridized carbons (Fsp3) is 0.524. The number of pyridine rings is 1. The molecule has 6 heteroatoms. The summed E-state index contributed by atoms with van der Waals surface area (Å²) in [6.07, 6.45) is 4.96. The quantitative estimate of drug-likeness (QED) is 0.841. The van der Waals surface area contributed by atoms with Crippen LogP contribution in [0.1, 0.15) is 36.2 Å². The van der Waals surface area contributed by atoms with Crippen LogP contribution >= 0.6 is 0 Å². The lowest BCUT2D eigenvalue weighted by atomic mass is 9.76. The smallest absolute Gasteiger partial charge is 0.270 e. The summed E-state index contributed by atoms with van der Waals surface area (Å²) >= 11 is 0. The standard InChI is InChI=1S/C21H24FN3O2/c22-16-5-3-4-15-19(26)9-17(23-20(15)16)21(27)25-11-13-8-14(12-25)18-6-1-2-7-24(18)10-13/h3-5,9,13-14,18H,1-2,6-8,10-12H2,(H,23,26)/t13-,14-,18+/m1/s1. The fourth-order valence-corrected chi connectivity index (χ4v) is 5.45. The largest absolute Gasteiger partial charge is 0.348 e. The Morgan fingerprint density at radius 1 is 1.19 bits per heavy atom. The summed E-state index contributed by atoms with van der Waals surface area (Å²) < 4.78 is 14.1. The van der Waals surface area contributed by atoms with Crippen LogP contribution in [-0.2, 0) is 0 Å². The zero-order valence-corrected chi connectivity index (χ0v) is 15.3. The molecule has 4 heterocycles. The number of carbonyl (C=O) groups excluding carboxylic acids is 1. The van der Waals surface area contributed by atoms with E-state index in [4.69, 9.17) is 0 Å². The van der Waals surface area contributed by atoms with Gasteiger partial charge in [0.15, 0.2) is 5.43 Å². The van der Waals surface area contributed by atoms with Gasteiger partial charge in [-0.3, -0.25) is 14.5 Å². The van der Waals surface area contributed by atoms with Gasteiger partial charge < -0.3 is 9.88 Å². The van der Waals surface area contributed by atoms with Crippen LogP contribution in [0.2, 0.25) is 0 Å². The first-order valence-corrected chi connectivity index (χ1v) is 9.95. The van der Waals surface area contributed by atoms with Crippen LogP contribution in [0.25, 0.3) is 10.9 Å². The van der Waals surface area contributed by atoms with Crippen molar-refractivity contribution in [2.75, 3.05) is 26.2 Å². The van der Waals surface area contributed by atoms with E-state index in [0.717, 1.165) is 19.6 Å². The molecule has 3 fully saturated rings. The van der Waals surface area contributed by atoms with E-state index in [-0.39, 0.29) is 27.9 Å². The minimum Gasteiger partial charge on any atom is -0.348 e. The van der Waals surface area contributed by atoms with Crippen molar-refractivity contribution < 1.29 is 9.18 Å². The lowest BCUT2D eigenvalue weighted by molar-refractivity contribution is -0.0244. The van der Waals surface area contributed by atoms with E-state index in [2.05, 4.69) is 9.88 Å². The van der Waals surface area contributed by atoms with Crippen molar-refractivity contribution in [3.8, 4) is 0 Å². The Hall–Kier alpha value is -2.21. The number of para-hydroxylation sites is 1. The first kappa shape index (κ1) is 16.9.